The summed E-state index contributed by atoms with van der Waals surface area (Å²) in [6.07, 6.45) is 3.69. The first kappa shape index (κ1) is 12.7. The minimum atomic E-state index is -0.395. The molecule has 1 saturated carbocycles. The quantitative estimate of drug-likeness (QED) is 0.663. The summed E-state index contributed by atoms with van der Waals surface area (Å²) in [7, 11) is 0. The molecular weight excluding hydrogens is 294 g/mol. The highest BCUT2D eigenvalue weighted by atomic mass is 79.9. The normalized spacial score (nSPS) is 14.8. The number of hydrogen-bond acceptors (Lipinski definition) is 3. The lowest BCUT2D eigenvalue weighted by atomic mass is 10.2. The Balaban J connectivity index is 1.98. The molecule has 1 aromatic rings. The van der Waals surface area contributed by atoms with Crippen molar-refractivity contribution in [2.75, 3.05) is 5.32 Å². The zero-order chi connectivity index (χ0) is 13.0. The van der Waals surface area contributed by atoms with Crippen LogP contribution in [0.15, 0.2) is 40.5 Å². The molecule has 0 aliphatic heterocycles. The van der Waals surface area contributed by atoms with Gasteiger partial charge in [0.1, 0.15) is 11.6 Å². The van der Waals surface area contributed by atoms with Gasteiger partial charge in [0, 0.05) is 22.4 Å². The first-order chi connectivity index (χ1) is 8.69. The molecule has 4 nitrogen and oxygen atoms in total. The van der Waals surface area contributed by atoms with Gasteiger partial charge in [0.15, 0.2) is 0 Å². The zero-order valence-electron chi connectivity index (χ0n) is 9.61. The standard InChI is InChI=1S/C13H12BrN3O/c14-10-1-3-12(4-2-10)17-13(18)9(7-15)8-16-11-5-6-11/h1-4,8,11,16H,5-6H2,(H,17,18)/b9-8-. The van der Waals surface area contributed by atoms with Gasteiger partial charge in [-0.1, -0.05) is 15.9 Å². The number of nitrogens with zero attached hydrogens (tertiary/aromatic N) is 1. The maximum absolute atomic E-state index is 11.8. The zero-order valence-corrected chi connectivity index (χ0v) is 11.2. The molecular formula is C13H12BrN3O. The van der Waals surface area contributed by atoms with Crippen LogP contribution in [-0.2, 0) is 4.79 Å². The van der Waals surface area contributed by atoms with Crippen LogP contribution in [0.2, 0.25) is 0 Å². The van der Waals surface area contributed by atoms with Crippen LogP contribution in [0.3, 0.4) is 0 Å². The number of carbonyl (C=O) groups excluding carboxylic acids is 1. The van der Waals surface area contributed by atoms with Crippen molar-refractivity contribution in [3.63, 3.8) is 0 Å². The first-order valence-electron chi connectivity index (χ1n) is 5.62. The maximum Gasteiger partial charge on any atom is 0.267 e. The number of nitriles is 1. The number of carbonyl (C=O) groups is 1. The lowest BCUT2D eigenvalue weighted by Crippen LogP contribution is -2.17. The molecule has 1 aliphatic rings. The fourth-order valence-corrected chi connectivity index (χ4v) is 1.60. The molecule has 0 saturated heterocycles. The summed E-state index contributed by atoms with van der Waals surface area (Å²) in [6.45, 7) is 0. The Morgan fingerprint density at radius 1 is 1.39 bits per heavy atom. The molecule has 0 atom stereocenters. The first-order valence-corrected chi connectivity index (χ1v) is 6.41. The average Bonchev–Trinajstić information content (AvgIpc) is 3.17. The summed E-state index contributed by atoms with van der Waals surface area (Å²) >= 11 is 3.32. The molecule has 0 bridgehead atoms. The van der Waals surface area contributed by atoms with E-state index < -0.39 is 5.91 Å². The van der Waals surface area contributed by atoms with Gasteiger partial charge in [-0.05, 0) is 37.1 Å². The third kappa shape index (κ3) is 3.60. The minimum absolute atomic E-state index is 0.0878. The van der Waals surface area contributed by atoms with Crippen molar-refractivity contribution in [3.8, 4) is 6.07 Å². The van der Waals surface area contributed by atoms with E-state index in [1.807, 2.05) is 18.2 Å². The van der Waals surface area contributed by atoms with Gasteiger partial charge in [0.25, 0.3) is 5.91 Å². The molecule has 0 radical (unpaired) electrons. The Morgan fingerprint density at radius 2 is 2.06 bits per heavy atom. The van der Waals surface area contributed by atoms with Gasteiger partial charge < -0.3 is 10.6 Å². The van der Waals surface area contributed by atoms with Crippen LogP contribution in [0.25, 0.3) is 0 Å². The molecule has 0 aromatic heterocycles. The molecule has 92 valence electrons. The second-order valence-corrected chi connectivity index (χ2v) is 4.99. The van der Waals surface area contributed by atoms with E-state index in [4.69, 9.17) is 5.26 Å². The smallest absolute Gasteiger partial charge is 0.267 e. The largest absolute Gasteiger partial charge is 0.387 e. The predicted octanol–water partition coefficient (Wildman–Crippen LogP) is 2.55. The summed E-state index contributed by atoms with van der Waals surface area (Å²) in [5, 5.41) is 14.6. The minimum Gasteiger partial charge on any atom is -0.387 e. The molecule has 1 fully saturated rings. The lowest BCUT2D eigenvalue weighted by Gasteiger charge is -2.04. The maximum atomic E-state index is 11.8. The summed E-state index contributed by atoms with van der Waals surface area (Å²) in [6, 6.07) is 9.51. The van der Waals surface area contributed by atoms with Gasteiger partial charge in [0.05, 0.1) is 0 Å². The highest BCUT2D eigenvalue weighted by Gasteiger charge is 2.20. The van der Waals surface area contributed by atoms with Crippen LogP contribution in [0.4, 0.5) is 5.69 Å². The summed E-state index contributed by atoms with van der Waals surface area (Å²) in [5.74, 6) is -0.395. The summed E-state index contributed by atoms with van der Waals surface area (Å²) in [4.78, 5) is 11.8. The number of anilines is 1. The van der Waals surface area contributed by atoms with Crippen molar-refractivity contribution in [3.05, 3.63) is 40.5 Å². The summed E-state index contributed by atoms with van der Waals surface area (Å²) in [5.41, 5.74) is 0.751. The number of halogens is 1. The highest BCUT2D eigenvalue weighted by Crippen LogP contribution is 2.19. The van der Waals surface area contributed by atoms with E-state index in [0.29, 0.717) is 11.7 Å². The van der Waals surface area contributed by atoms with E-state index in [-0.39, 0.29) is 5.57 Å². The Labute approximate surface area is 114 Å². The van der Waals surface area contributed by atoms with Crippen molar-refractivity contribution < 1.29 is 4.79 Å². The fourth-order valence-electron chi connectivity index (χ4n) is 1.33. The number of nitrogens with one attached hydrogen (secondary N) is 2. The van der Waals surface area contributed by atoms with Gasteiger partial charge in [0.2, 0.25) is 0 Å². The van der Waals surface area contributed by atoms with Gasteiger partial charge >= 0.3 is 0 Å². The van der Waals surface area contributed by atoms with E-state index in [9.17, 15) is 4.79 Å². The Kier molecular flexibility index (Phi) is 4.00. The Hall–Kier alpha value is -1.80. The monoisotopic (exact) mass is 305 g/mol. The van der Waals surface area contributed by atoms with Crippen molar-refractivity contribution in [1.29, 1.82) is 5.26 Å². The fraction of sp³-hybridized carbons (Fsp3) is 0.231. The topological polar surface area (TPSA) is 64.9 Å². The Morgan fingerprint density at radius 3 is 2.61 bits per heavy atom. The number of amides is 1. The van der Waals surface area contributed by atoms with Gasteiger partial charge in [-0.2, -0.15) is 5.26 Å². The van der Waals surface area contributed by atoms with Crippen LogP contribution < -0.4 is 10.6 Å². The summed E-state index contributed by atoms with van der Waals surface area (Å²) < 4.78 is 0.937. The highest BCUT2D eigenvalue weighted by molar-refractivity contribution is 9.10. The van der Waals surface area contributed by atoms with E-state index >= 15 is 0 Å². The molecule has 1 aliphatic carbocycles. The van der Waals surface area contributed by atoms with Crippen molar-refractivity contribution in [2.24, 2.45) is 0 Å². The van der Waals surface area contributed by atoms with Crippen molar-refractivity contribution >= 4 is 27.5 Å². The third-order valence-corrected chi connectivity index (χ3v) is 3.04. The van der Waals surface area contributed by atoms with Crippen LogP contribution in [0.5, 0.6) is 0 Å². The third-order valence-electron chi connectivity index (χ3n) is 2.51. The van der Waals surface area contributed by atoms with E-state index in [0.717, 1.165) is 17.3 Å². The van der Waals surface area contributed by atoms with Crippen LogP contribution in [0.1, 0.15) is 12.8 Å². The predicted molar refractivity (Wildman–Crippen MR) is 72.6 cm³/mol. The molecule has 1 amide bonds. The van der Waals surface area contributed by atoms with Crippen LogP contribution >= 0.6 is 15.9 Å². The molecule has 2 rings (SSSR count). The van der Waals surface area contributed by atoms with E-state index in [2.05, 4.69) is 26.6 Å². The Bertz CT molecular complexity index is 512. The average molecular weight is 306 g/mol. The number of rotatable bonds is 4. The van der Waals surface area contributed by atoms with Gasteiger partial charge in [-0.25, -0.2) is 0 Å². The second kappa shape index (κ2) is 5.69. The molecule has 5 heteroatoms. The molecule has 0 spiro atoms. The lowest BCUT2D eigenvalue weighted by molar-refractivity contribution is -0.112. The van der Waals surface area contributed by atoms with Crippen molar-refractivity contribution in [1.82, 2.24) is 5.32 Å². The molecule has 2 N–H and O–H groups in total. The molecule has 0 unspecified atom stereocenters. The van der Waals surface area contributed by atoms with Crippen LogP contribution in [-0.4, -0.2) is 11.9 Å². The van der Waals surface area contributed by atoms with Gasteiger partial charge in [-0.15, -0.1) is 0 Å². The molecule has 18 heavy (non-hydrogen) atoms. The number of benzene rings is 1. The van der Waals surface area contributed by atoms with E-state index in [1.54, 1.807) is 12.1 Å². The molecule has 0 heterocycles. The van der Waals surface area contributed by atoms with Crippen molar-refractivity contribution in [2.45, 2.75) is 18.9 Å². The second-order valence-electron chi connectivity index (χ2n) is 4.07. The molecule has 1 aromatic carbocycles. The number of hydrogen-bond donors (Lipinski definition) is 2. The SMILES string of the molecule is N#C/C(=C/NC1CC1)C(=O)Nc1ccc(Br)cc1. The van der Waals surface area contributed by atoms with Gasteiger partial charge in [-0.3, -0.25) is 4.79 Å². The van der Waals surface area contributed by atoms with E-state index in [1.165, 1.54) is 6.20 Å². The van der Waals surface area contributed by atoms with Crippen LogP contribution in [0, 0.1) is 11.3 Å².